The number of phosphoric ester groups is 1. The van der Waals surface area contributed by atoms with Gasteiger partial charge in [-0.05, 0) is 128 Å². The van der Waals surface area contributed by atoms with Gasteiger partial charge >= 0.3 is 0 Å². The van der Waals surface area contributed by atoms with Gasteiger partial charge < -0.3 is 44.7 Å². The van der Waals surface area contributed by atoms with Crippen molar-refractivity contribution in [2.75, 3.05) is 86.7 Å². The number of unbranched alkanes of at least 4 members (excludes halogenated alkanes) is 47. The molecular weight excluding hydrogens is 1170 g/mol. The normalized spacial score (nSPS) is 11.9. The fourth-order valence-corrected chi connectivity index (χ4v) is 13.8. The molecular formula is C83H179ClN3O4P. The molecule has 0 aromatic heterocycles. The van der Waals surface area contributed by atoms with Crippen LogP contribution in [0, 0.1) is 5.92 Å². The minimum Gasteiger partial charge on any atom is -1.00 e. The van der Waals surface area contributed by atoms with Crippen molar-refractivity contribution in [3.8, 4) is 0 Å². The van der Waals surface area contributed by atoms with Gasteiger partial charge in [0.1, 0.15) is 0 Å². The number of halogens is 1. The molecule has 562 valence electrons. The topological polar surface area (TPSA) is 72.4 Å². The van der Waals surface area contributed by atoms with Gasteiger partial charge in [-0.3, -0.25) is 0 Å². The van der Waals surface area contributed by atoms with E-state index in [9.17, 15) is 14.4 Å². The standard InChI is InChI=1S/3C25H54N.C8H19O4P.ClH/c3*1-5-8-11-14-17-20-23-26(4,24-21-18-15-12-9-6-2)25-22-19-16-13-10-7-3;1-8(2)6-4-3-5-7-12-13(9,10)11;/h3*5-25H2,1-4H3;8H,3-7H2,1-2H3,(H2,9,10,11);1H/q3*+1;;/p-3. The molecule has 0 rings (SSSR count). The molecule has 0 aromatic rings. The molecule has 0 aliphatic rings. The van der Waals surface area contributed by atoms with E-state index in [0.717, 1.165) is 19.3 Å². The van der Waals surface area contributed by atoms with Crippen LogP contribution >= 0.6 is 7.82 Å². The van der Waals surface area contributed by atoms with Crippen molar-refractivity contribution >= 4 is 7.82 Å². The molecule has 7 nitrogen and oxygen atoms in total. The Bertz CT molecular complexity index is 1120. The summed E-state index contributed by atoms with van der Waals surface area (Å²) in [5.74, 6) is 0.672. The van der Waals surface area contributed by atoms with Crippen molar-refractivity contribution in [3.63, 3.8) is 0 Å². The Morgan fingerprint density at radius 1 is 0.250 bits per heavy atom. The maximum atomic E-state index is 10.0. The lowest BCUT2D eigenvalue weighted by atomic mass is 10.1. The molecule has 0 fully saturated rings. The maximum Gasteiger partial charge on any atom is 0.0784 e. The first-order valence-corrected chi connectivity index (χ1v) is 43.6. The largest absolute Gasteiger partial charge is 1.00 e. The first-order valence-electron chi connectivity index (χ1n) is 42.1. The second-order valence-corrected chi connectivity index (χ2v) is 32.0. The lowest BCUT2D eigenvalue weighted by Gasteiger charge is -2.35. The Kier molecular flexibility index (Phi) is 88.0. The third-order valence-electron chi connectivity index (χ3n) is 20.1. The summed E-state index contributed by atoms with van der Waals surface area (Å²) in [5, 5.41) is 0. The van der Waals surface area contributed by atoms with Crippen LogP contribution in [-0.4, -0.2) is 100 Å². The SMILES string of the molecule is CC(C)CCCCCOP(=O)([O-])[O-].CCCCCCCC[N+](C)(CCCCCCCC)CCCCCCCC.CCCCCCCC[N+](C)(CCCCCCCC)CCCCCCCC.CCCCCCCC[N+](C)(CCCCCCCC)CCCCCCCC.[Cl-]. The highest BCUT2D eigenvalue weighted by molar-refractivity contribution is 7.43. The molecule has 0 radical (unpaired) electrons. The van der Waals surface area contributed by atoms with Gasteiger partial charge in [-0.1, -0.05) is 327 Å². The lowest BCUT2D eigenvalue weighted by Crippen LogP contribution is -3.00. The van der Waals surface area contributed by atoms with E-state index < -0.39 is 7.82 Å². The Morgan fingerprint density at radius 2 is 0.391 bits per heavy atom. The molecule has 0 N–H and O–H groups in total. The third-order valence-corrected chi connectivity index (χ3v) is 20.6. The van der Waals surface area contributed by atoms with Crippen LogP contribution in [0.3, 0.4) is 0 Å². The fraction of sp³-hybridized carbons (Fsp3) is 1.00. The van der Waals surface area contributed by atoms with Crippen LogP contribution in [0.1, 0.15) is 449 Å². The molecule has 9 heteroatoms. The van der Waals surface area contributed by atoms with E-state index >= 15 is 0 Å². The molecule has 0 amide bonds. The number of hydrogen-bond donors (Lipinski definition) is 0. The Balaban J connectivity index is -0.000000374. The number of hydrogen-bond acceptors (Lipinski definition) is 4. The molecule has 0 saturated heterocycles. The molecule has 0 bridgehead atoms. The number of phosphoric acid groups is 1. The van der Waals surface area contributed by atoms with Crippen molar-refractivity contribution in [2.45, 2.75) is 449 Å². The molecule has 0 saturated carbocycles. The van der Waals surface area contributed by atoms with Gasteiger partial charge in [0, 0.05) is 0 Å². The molecule has 0 heterocycles. The predicted molar refractivity (Wildman–Crippen MR) is 410 cm³/mol. The Hall–Kier alpha value is 0.280. The van der Waals surface area contributed by atoms with Gasteiger partial charge in [-0.2, -0.15) is 0 Å². The van der Waals surface area contributed by atoms with E-state index in [1.807, 2.05) is 0 Å². The zero-order chi connectivity index (χ0) is 68.4. The molecule has 0 aliphatic carbocycles. The minimum absolute atomic E-state index is 0. The monoisotopic (exact) mass is 1350 g/mol. The van der Waals surface area contributed by atoms with Gasteiger partial charge in [0.15, 0.2) is 0 Å². The number of nitrogens with zero attached hydrogens (tertiary/aromatic N) is 3. The van der Waals surface area contributed by atoms with E-state index in [-0.39, 0.29) is 19.0 Å². The van der Waals surface area contributed by atoms with Crippen LogP contribution in [-0.2, 0) is 9.09 Å². The second kappa shape index (κ2) is 80.3. The van der Waals surface area contributed by atoms with Crippen molar-refractivity contribution in [1.82, 2.24) is 0 Å². The minimum atomic E-state index is -4.73. The molecule has 92 heavy (non-hydrogen) atoms. The van der Waals surface area contributed by atoms with Crippen molar-refractivity contribution in [3.05, 3.63) is 0 Å². The average Bonchev–Trinajstić information content (AvgIpc) is 2.26. The van der Waals surface area contributed by atoms with Gasteiger partial charge in [0.25, 0.3) is 0 Å². The highest BCUT2D eigenvalue weighted by Crippen LogP contribution is 2.25. The zero-order valence-corrected chi connectivity index (χ0v) is 68.1. The average molecular weight is 1350 g/mol. The van der Waals surface area contributed by atoms with Gasteiger partial charge in [0.2, 0.25) is 0 Å². The summed E-state index contributed by atoms with van der Waals surface area (Å²) >= 11 is 0. The Morgan fingerprint density at radius 3 is 0.533 bits per heavy atom. The fourth-order valence-electron chi connectivity index (χ4n) is 13.5. The summed E-state index contributed by atoms with van der Waals surface area (Å²) in [5.41, 5.74) is 0. The van der Waals surface area contributed by atoms with Crippen LogP contribution in [0.15, 0.2) is 0 Å². The molecule has 0 aliphatic heterocycles. The smallest absolute Gasteiger partial charge is 0.0784 e. The van der Waals surface area contributed by atoms with Gasteiger partial charge in [0.05, 0.1) is 94.5 Å². The van der Waals surface area contributed by atoms with Crippen molar-refractivity contribution < 1.29 is 44.7 Å². The summed E-state index contributed by atoms with van der Waals surface area (Å²) in [6.45, 7) is 38.0. The van der Waals surface area contributed by atoms with E-state index in [1.54, 1.807) is 0 Å². The summed E-state index contributed by atoms with van der Waals surface area (Å²) in [4.78, 5) is 20.0. The molecule has 0 unspecified atom stereocenters. The van der Waals surface area contributed by atoms with Crippen molar-refractivity contribution in [1.29, 1.82) is 0 Å². The zero-order valence-electron chi connectivity index (χ0n) is 66.5. The molecule has 0 aromatic carbocycles. The van der Waals surface area contributed by atoms with Crippen LogP contribution in [0.4, 0.5) is 0 Å². The maximum absolute atomic E-state index is 10.0. The summed E-state index contributed by atoms with van der Waals surface area (Å²) in [6.07, 6.45) is 81.3. The lowest BCUT2D eigenvalue weighted by molar-refractivity contribution is -0.910. The number of quaternary nitrogens is 3. The molecule has 0 atom stereocenters. The second-order valence-electron chi connectivity index (χ2n) is 30.8. The van der Waals surface area contributed by atoms with Crippen LogP contribution in [0.2, 0.25) is 0 Å². The summed E-state index contributed by atoms with van der Waals surface area (Å²) in [6, 6.07) is 0. The summed E-state index contributed by atoms with van der Waals surface area (Å²) < 4.78 is 18.2. The van der Waals surface area contributed by atoms with Crippen LogP contribution in [0.25, 0.3) is 0 Å². The Labute approximate surface area is 590 Å². The van der Waals surface area contributed by atoms with Crippen molar-refractivity contribution in [2.24, 2.45) is 5.92 Å². The number of rotatable bonds is 70. The van der Waals surface area contributed by atoms with E-state index in [2.05, 4.69) is 102 Å². The molecule has 0 spiro atoms. The van der Waals surface area contributed by atoms with E-state index in [0.29, 0.717) is 12.3 Å². The van der Waals surface area contributed by atoms with Crippen LogP contribution < -0.4 is 22.2 Å². The van der Waals surface area contributed by atoms with E-state index in [1.165, 1.54) is 419 Å². The first kappa shape index (κ1) is 101. The van der Waals surface area contributed by atoms with Crippen LogP contribution in [0.5, 0.6) is 0 Å². The first-order chi connectivity index (χ1) is 44.0. The summed E-state index contributed by atoms with van der Waals surface area (Å²) in [7, 11) is 2.95. The van der Waals surface area contributed by atoms with Gasteiger partial charge in [-0.25, -0.2) is 0 Å². The predicted octanol–water partition coefficient (Wildman–Crippen LogP) is 23.6. The third kappa shape index (κ3) is 86.4. The van der Waals surface area contributed by atoms with E-state index in [4.69, 9.17) is 0 Å². The highest BCUT2D eigenvalue weighted by atomic mass is 35.5. The van der Waals surface area contributed by atoms with Gasteiger partial charge in [-0.15, -0.1) is 0 Å². The quantitative estimate of drug-likeness (QED) is 0.0346. The highest BCUT2D eigenvalue weighted by Gasteiger charge is 2.23.